The molecule has 5 nitrogen and oxygen atoms in total. The molecule has 0 spiro atoms. The van der Waals surface area contributed by atoms with E-state index >= 15 is 0 Å². The molecule has 1 aliphatic rings. The molecular formula is C17H18Cl2N2O3S. The Kier molecular flexibility index (Phi) is 5.53. The van der Waals surface area contributed by atoms with Gasteiger partial charge in [0.2, 0.25) is 0 Å². The first-order valence-corrected chi connectivity index (χ1v) is 10.1. The third kappa shape index (κ3) is 4.85. The van der Waals surface area contributed by atoms with Crippen LogP contribution in [0.1, 0.15) is 24.0 Å². The molecule has 134 valence electrons. The van der Waals surface area contributed by atoms with E-state index in [4.69, 9.17) is 27.9 Å². The summed E-state index contributed by atoms with van der Waals surface area (Å²) in [6.45, 7) is 2.88. The largest absolute Gasteiger partial charge is 0.376 e. The Balaban J connectivity index is 1.70. The topological polar surface area (TPSA) is 68.3 Å². The molecule has 0 unspecified atom stereocenters. The van der Waals surface area contributed by atoms with Gasteiger partial charge in [-0.2, -0.15) is 0 Å². The number of nitrogens with one attached hydrogen (secondary N) is 1. The highest BCUT2D eigenvalue weighted by atomic mass is 35.5. The van der Waals surface area contributed by atoms with Crippen LogP contribution in [0.15, 0.2) is 35.4 Å². The lowest BCUT2D eigenvalue weighted by Crippen LogP contribution is -2.16. The molecule has 0 aliphatic heterocycles. The second-order valence-electron chi connectivity index (χ2n) is 6.15. The van der Waals surface area contributed by atoms with Crippen LogP contribution in [0, 0.1) is 12.8 Å². The summed E-state index contributed by atoms with van der Waals surface area (Å²) in [4.78, 5) is 4.14. The summed E-state index contributed by atoms with van der Waals surface area (Å²) in [6, 6.07) is 6.34. The molecule has 1 aliphatic carbocycles. The average Bonchev–Trinajstić information content (AvgIpc) is 3.31. The number of hydrogen-bond acceptors (Lipinski definition) is 4. The monoisotopic (exact) mass is 400 g/mol. The van der Waals surface area contributed by atoms with Crippen LogP contribution in [0.3, 0.4) is 0 Å². The second-order valence-corrected chi connectivity index (χ2v) is 8.61. The fourth-order valence-corrected chi connectivity index (χ4v) is 4.61. The normalized spacial score (nSPS) is 14.5. The summed E-state index contributed by atoms with van der Waals surface area (Å²) in [5.41, 5.74) is 1.36. The zero-order valence-electron chi connectivity index (χ0n) is 13.6. The van der Waals surface area contributed by atoms with Crippen LogP contribution >= 0.6 is 23.2 Å². The molecule has 0 atom stereocenters. The van der Waals surface area contributed by atoms with Gasteiger partial charge in [-0.1, -0.05) is 29.3 Å². The second kappa shape index (κ2) is 7.50. The highest BCUT2D eigenvalue weighted by Crippen LogP contribution is 2.30. The molecule has 3 rings (SSSR count). The Hall–Kier alpha value is -1.34. The minimum Gasteiger partial charge on any atom is -0.376 e. The predicted octanol–water partition coefficient (Wildman–Crippen LogP) is 4.42. The van der Waals surface area contributed by atoms with Crippen molar-refractivity contribution in [2.75, 3.05) is 11.3 Å². The van der Waals surface area contributed by atoms with Crippen molar-refractivity contribution in [1.82, 2.24) is 4.98 Å². The molecule has 1 heterocycles. The number of pyridine rings is 1. The van der Waals surface area contributed by atoms with Crippen LogP contribution in [0.2, 0.25) is 10.0 Å². The Morgan fingerprint density at radius 2 is 2.04 bits per heavy atom. The van der Waals surface area contributed by atoms with Crippen LogP contribution in [-0.4, -0.2) is 20.0 Å². The van der Waals surface area contributed by atoms with Crippen LogP contribution in [-0.2, 0) is 21.4 Å². The van der Waals surface area contributed by atoms with Gasteiger partial charge in [0.1, 0.15) is 10.7 Å². The number of halogens is 2. The van der Waals surface area contributed by atoms with E-state index < -0.39 is 10.0 Å². The molecule has 8 heteroatoms. The first-order valence-electron chi connectivity index (χ1n) is 7.86. The molecule has 1 N–H and O–H groups in total. The van der Waals surface area contributed by atoms with Crippen LogP contribution in [0.4, 0.5) is 5.82 Å². The van der Waals surface area contributed by atoms with Gasteiger partial charge in [-0.25, -0.2) is 13.4 Å². The van der Waals surface area contributed by atoms with Crippen LogP contribution < -0.4 is 4.72 Å². The quantitative estimate of drug-likeness (QED) is 0.746. The lowest BCUT2D eigenvalue weighted by atomic mass is 10.2. The molecule has 0 amide bonds. The first-order chi connectivity index (χ1) is 11.8. The van der Waals surface area contributed by atoms with Crippen molar-refractivity contribution < 1.29 is 13.2 Å². The van der Waals surface area contributed by atoms with E-state index in [1.54, 1.807) is 31.3 Å². The number of sulfonamides is 1. The van der Waals surface area contributed by atoms with E-state index in [2.05, 4.69) is 9.71 Å². The van der Waals surface area contributed by atoms with Gasteiger partial charge in [0.15, 0.2) is 0 Å². The van der Waals surface area contributed by atoms with E-state index in [1.165, 1.54) is 18.9 Å². The Morgan fingerprint density at radius 3 is 2.64 bits per heavy atom. The Bertz CT molecular complexity index is 843. The van der Waals surface area contributed by atoms with Gasteiger partial charge < -0.3 is 4.74 Å². The Labute approximate surface area is 157 Å². The van der Waals surface area contributed by atoms with E-state index in [0.29, 0.717) is 23.1 Å². The maximum absolute atomic E-state index is 12.6. The highest BCUT2D eigenvalue weighted by Gasteiger charge is 2.22. The molecule has 1 saturated carbocycles. The van der Waals surface area contributed by atoms with Gasteiger partial charge in [0.25, 0.3) is 10.0 Å². The number of aromatic nitrogens is 1. The maximum atomic E-state index is 12.6. The SMILES string of the molecule is Cc1cc(Cl)cc(Cl)c1S(=O)(=O)Nc1ccc(COCC2CC2)cn1. The number of rotatable bonds is 7. The molecule has 0 radical (unpaired) electrons. The number of anilines is 1. The molecule has 2 aromatic rings. The minimum atomic E-state index is -3.86. The third-order valence-corrected chi connectivity index (χ3v) is 6.03. The van der Waals surface area contributed by atoms with Gasteiger partial charge >= 0.3 is 0 Å². The van der Waals surface area contributed by atoms with Gasteiger partial charge in [0.05, 0.1) is 11.6 Å². The van der Waals surface area contributed by atoms with E-state index in [9.17, 15) is 8.42 Å². The molecular weight excluding hydrogens is 383 g/mol. The number of nitrogens with zero attached hydrogens (tertiary/aromatic N) is 1. The third-order valence-electron chi connectivity index (χ3n) is 3.85. The van der Waals surface area contributed by atoms with Crippen molar-refractivity contribution in [2.45, 2.75) is 31.3 Å². The Morgan fingerprint density at radius 1 is 1.28 bits per heavy atom. The summed E-state index contributed by atoms with van der Waals surface area (Å²) in [5, 5.41) is 0.456. The number of aryl methyl sites for hydroxylation is 1. The molecule has 0 saturated heterocycles. The summed E-state index contributed by atoms with van der Waals surface area (Å²) in [6.07, 6.45) is 4.08. The standard InChI is InChI=1S/C17H18Cl2N2O3S/c1-11-6-14(18)7-15(19)17(11)25(22,23)21-16-5-4-13(8-20-16)10-24-9-12-2-3-12/h4-8,12H,2-3,9-10H2,1H3,(H,20,21). The molecule has 1 fully saturated rings. The van der Waals surface area contributed by atoms with Gasteiger partial charge in [-0.3, -0.25) is 4.72 Å². The van der Waals surface area contributed by atoms with E-state index in [-0.39, 0.29) is 15.7 Å². The van der Waals surface area contributed by atoms with E-state index in [0.717, 1.165) is 12.2 Å². The predicted molar refractivity (Wildman–Crippen MR) is 98.6 cm³/mol. The fourth-order valence-electron chi connectivity index (χ4n) is 2.42. The lowest BCUT2D eigenvalue weighted by molar-refractivity contribution is 0.111. The summed E-state index contributed by atoms with van der Waals surface area (Å²) >= 11 is 11.9. The van der Waals surface area contributed by atoms with E-state index in [1.807, 2.05) is 0 Å². The van der Waals surface area contributed by atoms with Crippen LogP contribution in [0.5, 0.6) is 0 Å². The molecule has 1 aromatic carbocycles. The van der Waals surface area contributed by atoms with Gasteiger partial charge in [-0.05, 0) is 55.0 Å². The zero-order chi connectivity index (χ0) is 18.0. The maximum Gasteiger partial charge on any atom is 0.264 e. The van der Waals surface area contributed by atoms with Crippen molar-refractivity contribution >= 4 is 39.0 Å². The minimum absolute atomic E-state index is 0.00258. The lowest BCUT2D eigenvalue weighted by Gasteiger charge is -2.12. The van der Waals surface area contributed by atoms with Crippen molar-refractivity contribution in [3.8, 4) is 0 Å². The smallest absolute Gasteiger partial charge is 0.264 e. The summed E-state index contributed by atoms with van der Waals surface area (Å²) in [5.74, 6) is 0.919. The number of ether oxygens (including phenoxy) is 1. The van der Waals surface area contributed by atoms with Crippen molar-refractivity contribution in [2.24, 2.45) is 5.92 Å². The van der Waals surface area contributed by atoms with Crippen molar-refractivity contribution in [3.05, 3.63) is 51.6 Å². The van der Waals surface area contributed by atoms with Gasteiger partial charge in [0, 0.05) is 17.8 Å². The molecule has 0 bridgehead atoms. The summed E-state index contributed by atoms with van der Waals surface area (Å²) in [7, 11) is -3.86. The summed E-state index contributed by atoms with van der Waals surface area (Å²) < 4.78 is 33.2. The highest BCUT2D eigenvalue weighted by molar-refractivity contribution is 7.92. The molecule has 1 aromatic heterocycles. The fraction of sp³-hybridized carbons (Fsp3) is 0.353. The zero-order valence-corrected chi connectivity index (χ0v) is 16.0. The molecule has 25 heavy (non-hydrogen) atoms. The number of hydrogen-bond donors (Lipinski definition) is 1. The van der Waals surface area contributed by atoms with Gasteiger partial charge in [-0.15, -0.1) is 0 Å². The number of benzene rings is 1. The van der Waals surface area contributed by atoms with Crippen molar-refractivity contribution in [3.63, 3.8) is 0 Å². The average molecular weight is 401 g/mol. The van der Waals surface area contributed by atoms with Crippen LogP contribution in [0.25, 0.3) is 0 Å². The first kappa shape index (κ1) is 18.5. The van der Waals surface area contributed by atoms with Crippen molar-refractivity contribution in [1.29, 1.82) is 0 Å².